The number of carbonyl (C=O) groups excluding carboxylic acids is 2. The van der Waals surface area contributed by atoms with Gasteiger partial charge in [-0.25, -0.2) is 0 Å². The second-order valence-electron chi connectivity index (χ2n) is 5.66. The molecule has 0 aliphatic heterocycles. The van der Waals surface area contributed by atoms with E-state index in [-0.39, 0.29) is 12.3 Å². The minimum Gasteiger partial charge on any atom is -0.481 e. The molecule has 2 amide bonds. The highest BCUT2D eigenvalue weighted by Gasteiger charge is 2.43. The Morgan fingerprint density at radius 2 is 1.79 bits per heavy atom. The molecular weight excluding hydrogens is 248 g/mol. The summed E-state index contributed by atoms with van der Waals surface area (Å²) in [4.78, 5) is 34.5. The molecule has 1 atom stereocenters. The molecule has 0 radical (unpaired) electrons. The molecule has 0 spiro atoms. The van der Waals surface area contributed by atoms with Crippen molar-refractivity contribution in [3.8, 4) is 0 Å². The van der Waals surface area contributed by atoms with Crippen LogP contribution in [0.1, 0.15) is 46.0 Å². The second-order valence-corrected chi connectivity index (χ2v) is 5.66. The van der Waals surface area contributed by atoms with Gasteiger partial charge in [0, 0.05) is 6.42 Å². The van der Waals surface area contributed by atoms with Gasteiger partial charge in [0.1, 0.15) is 6.04 Å². The van der Waals surface area contributed by atoms with Crippen molar-refractivity contribution in [2.75, 3.05) is 0 Å². The summed E-state index contributed by atoms with van der Waals surface area (Å²) in [6.45, 7) is 3.55. The molecule has 19 heavy (non-hydrogen) atoms. The van der Waals surface area contributed by atoms with Gasteiger partial charge in [-0.1, -0.05) is 26.7 Å². The third-order valence-corrected chi connectivity index (χ3v) is 3.80. The molecule has 0 aromatic heterocycles. The van der Waals surface area contributed by atoms with E-state index in [2.05, 4.69) is 5.32 Å². The molecule has 1 aliphatic rings. The van der Waals surface area contributed by atoms with E-state index >= 15 is 0 Å². The van der Waals surface area contributed by atoms with Crippen molar-refractivity contribution in [1.82, 2.24) is 5.32 Å². The lowest BCUT2D eigenvalue weighted by Crippen LogP contribution is -2.49. The summed E-state index contributed by atoms with van der Waals surface area (Å²) in [5.74, 6) is -2.06. The first-order valence-corrected chi connectivity index (χ1v) is 6.60. The zero-order chi connectivity index (χ0) is 14.6. The molecule has 1 rings (SSSR count). The fraction of sp³-hybridized carbons (Fsp3) is 0.769. The fourth-order valence-electron chi connectivity index (χ4n) is 2.62. The van der Waals surface area contributed by atoms with Crippen molar-refractivity contribution in [2.24, 2.45) is 17.1 Å². The van der Waals surface area contributed by atoms with Gasteiger partial charge in [0.15, 0.2) is 0 Å². The van der Waals surface area contributed by atoms with Gasteiger partial charge in [0.25, 0.3) is 0 Å². The molecule has 0 heterocycles. The van der Waals surface area contributed by atoms with E-state index in [1.807, 2.05) is 0 Å². The van der Waals surface area contributed by atoms with Gasteiger partial charge in [-0.3, -0.25) is 14.4 Å². The largest absolute Gasteiger partial charge is 0.481 e. The Balaban J connectivity index is 2.68. The van der Waals surface area contributed by atoms with Crippen LogP contribution in [-0.2, 0) is 14.4 Å². The van der Waals surface area contributed by atoms with Crippen molar-refractivity contribution >= 4 is 17.8 Å². The fourth-order valence-corrected chi connectivity index (χ4v) is 2.62. The Morgan fingerprint density at radius 3 is 2.16 bits per heavy atom. The van der Waals surface area contributed by atoms with E-state index < -0.39 is 29.2 Å². The number of aliphatic carboxylic acids is 1. The average Bonchev–Trinajstić information content (AvgIpc) is 2.74. The maximum Gasteiger partial charge on any atom is 0.310 e. The summed E-state index contributed by atoms with van der Waals surface area (Å²) in [6, 6.07) is -0.750. The van der Waals surface area contributed by atoms with Crippen molar-refractivity contribution in [2.45, 2.75) is 52.0 Å². The van der Waals surface area contributed by atoms with Crippen LogP contribution in [0.3, 0.4) is 0 Å². The van der Waals surface area contributed by atoms with E-state index in [1.165, 1.54) is 0 Å². The van der Waals surface area contributed by atoms with Gasteiger partial charge < -0.3 is 16.2 Å². The number of nitrogens with two attached hydrogens (primary N) is 1. The van der Waals surface area contributed by atoms with Crippen LogP contribution >= 0.6 is 0 Å². The Kier molecular flexibility index (Phi) is 4.91. The van der Waals surface area contributed by atoms with Crippen LogP contribution in [0.2, 0.25) is 0 Å². The first kappa shape index (κ1) is 15.5. The average molecular weight is 270 g/mol. The number of rotatable bonds is 6. The minimum atomic E-state index is -0.969. The summed E-state index contributed by atoms with van der Waals surface area (Å²) in [7, 11) is 0. The van der Waals surface area contributed by atoms with Crippen LogP contribution in [0.5, 0.6) is 0 Å². The Labute approximate surface area is 112 Å². The van der Waals surface area contributed by atoms with Crippen molar-refractivity contribution < 1.29 is 19.5 Å². The van der Waals surface area contributed by atoms with Crippen LogP contribution in [0.4, 0.5) is 0 Å². The Hall–Kier alpha value is -1.59. The van der Waals surface area contributed by atoms with Crippen LogP contribution < -0.4 is 11.1 Å². The lowest BCUT2D eigenvalue weighted by Gasteiger charge is -2.25. The van der Waals surface area contributed by atoms with Crippen LogP contribution in [0, 0.1) is 11.3 Å². The zero-order valence-electron chi connectivity index (χ0n) is 11.4. The molecule has 1 saturated carbocycles. The van der Waals surface area contributed by atoms with Crippen molar-refractivity contribution in [1.29, 1.82) is 0 Å². The van der Waals surface area contributed by atoms with Crippen LogP contribution in [-0.4, -0.2) is 28.9 Å². The monoisotopic (exact) mass is 270 g/mol. The number of hydrogen-bond acceptors (Lipinski definition) is 3. The summed E-state index contributed by atoms with van der Waals surface area (Å²) in [6.07, 6.45) is 2.59. The van der Waals surface area contributed by atoms with Crippen LogP contribution in [0.25, 0.3) is 0 Å². The number of carboxylic acids is 1. The number of hydrogen-bond donors (Lipinski definition) is 3. The molecule has 6 heteroatoms. The van der Waals surface area contributed by atoms with Gasteiger partial charge in [-0.15, -0.1) is 0 Å². The van der Waals surface area contributed by atoms with Gasteiger partial charge in [-0.2, -0.15) is 0 Å². The number of nitrogens with one attached hydrogen (secondary N) is 1. The smallest absolute Gasteiger partial charge is 0.310 e. The maximum atomic E-state index is 11.9. The van der Waals surface area contributed by atoms with Gasteiger partial charge in [-0.05, 0) is 18.8 Å². The molecule has 108 valence electrons. The highest BCUT2D eigenvalue weighted by atomic mass is 16.4. The lowest BCUT2D eigenvalue weighted by atomic mass is 9.82. The zero-order valence-corrected chi connectivity index (χ0v) is 11.4. The molecule has 4 N–H and O–H groups in total. The number of amides is 2. The molecule has 6 nitrogen and oxygen atoms in total. The van der Waals surface area contributed by atoms with Gasteiger partial charge >= 0.3 is 5.97 Å². The SMILES string of the molecule is CC(C)C(NC(=O)CC1(C(=O)O)CCCC1)C(N)=O. The first-order chi connectivity index (χ1) is 8.78. The Morgan fingerprint density at radius 1 is 1.26 bits per heavy atom. The standard InChI is InChI=1S/C13H22N2O4/c1-8(2)10(11(14)17)15-9(16)7-13(12(18)19)5-3-4-6-13/h8,10H,3-7H2,1-2H3,(H2,14,17)(H,15,16)(H,18,19). The summed E-state index contributed by atoms with van der Waals surface area (Å²) in [5, 5.41) is 11.8. The molecule has 1 unspecified atom stereocenters. The summed E-state index contributed by atoms with van der Waals surface area (Å²) >= 11 is 0. The van der Waals surface area contributed by atoms with Gasteiger partial charge in [0.05, 0.1) is 5.41 Å². The topological polar surface area (TPSA) is 109 Å². The Bertz CT molecular complexity index is 373. The second kappa shape index (κ2) is 6.04. The number of primary amides is 1. The molecule has 0 aromatic carbocycles. The van der Waals surface area contributed by atoms with Crippen molar-refractivity contribution in [3.63, 3.8) is 0 Å². The molecule has 0 saturated heterocycles. The van der Waals surface area contributed by atoms with Crippen molar-refractivity contribution in [3.05, 3.63) is 0 Å². The van der Waals surface area contributed by atoms with E-state index in [0.29, 0.717) is 12.8 Å². The third-order valence-electron chi connectivity index (χ3n) is 3.80. The third kappa shape index (κ3) is 3.68. The van der Waals surface area contributed by atoms with E-state index in [0.717, 1.165) is 12.8 Å². The highest BCUT2D eigenvalue weighted by Crippen LogP contribution is 2.41. The van der Waals surface area contributed by atoms with Crippen LogP contribution in [0.15, 0.2) is 0 Å². The predicted molar refractivity (Wildman–Crippen MR) is 69.1 cm³/mol. The maximum absolute atomic E-state index is 11.9. The number of carboxylic acid groups (broad SMARTS) is 1. The molecule has 0 aromatic rings. The minimum absolute atomic E-state index is 0.0845. The van der Waals surface area contributed by atoms with Gasteiger partial charge in [0.2, 0.25) is 11.8 Å². The quantitative estimate of drug-likeness (QED) is 0.658. The molecular formula is C13H22N2O4. The summed E-state index contributed by atoms with van der Waals surface area (Å²) < 4.78 is 0. The summed E-state index contributed by atoms with van der Waals surface area (Å²) in [5.41, 5.74) is 4.25. The molecule has 1 aliphatic carbocycles. The van der Waals surface area contributed by atoms with E-state index in [9.17, 15) is 19.5 Å². The normalized spacial score (nSPS) is 19.1. The van der Waals surface area contributed by atoms with E-state index in [1.54, 1.807) is 13.8 Å². The van der Waals surface area contributed by atoms with E-state index in [4.69, 9.17) is 5.73 Å². The first-order valence-electron chi connectivity index (χ1n) is 6.60. The molecule has 1 fully saturated rings. The predicted octanol–water partition coefficient (Wildman–Crippen LogP) is 0.648. The highest BCUT2D eigenvalue weighted by molar-refractivity contribution is 5.89. The number of carbonyl (C=O) groups is 3. The molecule has 0 bridgehead atoms. The lowest BCUT2D eigenvalue weighted by molar-refractivity contribution is -0.151.